The van der Waals surface area contributed by atoms with Crippen molar-refractivity contribution < 1.29 is 4.79 Å². The maximum absolute atomic E-state index is 12.7. The summed E-state index contributed by atoms with van der Waals surface area (Å²) < 4.78 is 1.80. The molecule has 1 saturated heterocycles. The quantitative estimate of drug-likeness (QED) is 0.859. The van der Waals surface area contributed by atoms with Gasteiger partial charge in [-0.05, 0) is 40.0 Å². The lowest BCUT2D eigenvalue weighted by Crippen LogP contribution is -2.53. The molecule has 0 bridgehead atoms. The lowest BCUT2D eigenvalue weighted by molar-refractivity contribution is -0.134. The first-order chi connectivity index (χ1) is 11.5. The van der Waals surface area contributed by atoms with E-state index in [0.717, 1.165) is 36.7 Å². The molecule has 128 valence electrons. The smallest absolute Gasteiger partial charge is 0.229 e. The van der Waals surface area contributed by atoms with Gasteiger partial charge in [0.2, 0.25) is 5.91 Å². The molecule has 1 aromatic heterocycles. The first kappa shape index (κ1) is 16.6. The molecule has 24 heavy (non-hydrogen) atoms. The van der Waals surface area contributed by atoms with E-state index >= 15 is 0 Å². The summed E-state index contributed by atoms with van der Waals surface area (Å²) in [6, 6.07) is 8.38. The van der Waals surface area contributed by atoms with Crippen molar-refractivity contribution in [1.82, 2.24) is 24.8 Å². The Labute approximate surface area is 143 Å². The third-order valence-corrected chi connectivity index (χ3v) is 4.74. The Hall–Kier alpha value is -2.21. The highest BCUT2D eigenvalue weighted by atomic mass is 16.2. The maximum atomic E-state index is 12.7. The molecule has 1 atom stereocenters. The van der Waals surface area contributed by atoms with Gasteiger partial charge in [0, 0.05) is 25.7 Å². The highest BCUT2D eigenvalue weighted by molar-refractivity contribution is 5.79. The fourth-order valence-corrected chi connectivity index (χ4v) is 3.21. The van der Waals surface area contributed by atoms with Crippen LogP contribution in [0.25, 0.3) is 5.69 Å². The molecule has 0 aliphatic carbocycles. The fraction of sp³-hybridized carbons (Fsp3) is 0.500. The van der Waals surface area contributed by atoms with E-state index in [1.54, 1.807) is 4.68 Å². The topological polar surface area (TPSA) is 54.3 Å². The maximum Gasteiger partial charge on any atom is 0.229 e. The van der Waals surface area contributed by atoms with E-state index in [2.05, 4.69) is 36.1 Å². The van der Waals surface area contributed by atoms with Crippen LogP contribution in [0.4, 0.5) is 0 Å². The summed E-state index contributed by atoms with van der Waals surface area (Å²) in [7, 11) is 2.09. The zero-order chi connectivity index (χ0) is 17.3. The number of hydrogen-bond acceptors (Lipinski definition) is 4. The van der Waals surface area contributed by atoms with Gasteiger partial charge in [0.15, 0.2) is 0 Å². The van der Waals surface area contributed by atoms with Crippen molar-refractivity contribution in [3.8, 4) is 5.69 Å². The predicted octanol–water partition coefficient (Wildman–Crippen LogP) is 1.59. The predicted molar refractivity (Wildman–Crippen MR) is 93.2 cm³/mol. The van der Waals surface area contributed by atoms with Gasteiger partial charge >= 0.3 is 0 Å². The van der Waals surface area contributed by atoms with E-state index in [-0.39, 0.29) is 11.9 Å². The summed E-state index contributed by atoms with van der Waals surface area (Å²) in [5.74, 6) is 0.134. The van der Waals surface area contributed by atoms with Crippen molar-refractivity contribution in [2.24, 2.45) is 0 Å². The molecular formula is C18H25N5O. The van der Waals surface area contributed by atoms with Gasteiger partial charge in [-0.2, -0.15) is 0 Å². The van der Waals surface area contributed by atoms with Gasteiger partial charge in [-0.15, -0.1) is 5.10 Å². The van der Waals surface area contributed by atoms with Gasteiger partial charge in [-0.25, -0.2) is 4.68 Å². The molecule has 1 fully saturated rings. The number of likely N-dealkylation sites (N-methyl/N-ethyl adjacent to an activating group) is 1. The molecule has 1 aliphatic rings. The minimum absolute atomic E-state index is 0.134. The molecule has 0 N–H and O–H groups in total. The number of carbonyl (C=O) groups excluding carboxylic acids is 1. The van der Waals surface area contributed by atoms with Gasteiger partial charge in [-0.3, -0.25) is 4.79 Å². The Morgan fingerprint density at radius 1 is 1.21 bits per heavy atom. The monoisotopic (exact) mass is 327 g/mol. The molecule has 1 aliphatic heterocycles. The molecule has 2 aromatic rings. The Morgan fingerprint density at radius 2 is 1.92 bits per heavy atom. The number of piperazine rings is 1. The van der Waals surface area contributed by atoms with Crippen molar-refractivity contribution >= 4 is 5.91 Å². The van der Waals surface area contributed by atoms with E-state index in [4.69, 9.17) is 0 Å². The van der Waals surface area contributed by atoms with Crippen LogP contribution in [-0.2, 0) is 11.2 Å². The summed E-state index contributed by atoms with van der Waals surface area (Å²) in [4.78, 5) is 16.9. The third kappa shape index (κ3) is 3.33. The molecule has 6 nitrogen and oxygen atoms in total. The Morgan fingerprint density at radius 3 is 2.58 bits per heavy atom. The normalized spacial score (nSPS) is 18.8. The molecule has 0 spiro atoms. The second-order valence-electron chi connectivity index (χ2n) is 6.74. The molecule has 1 aromatic carbocycles. The van der Waals surface area contributed by atoms with E-state index in [0.29, 0.717) is 6.42 Å². The molecule has 0 radical (unpaired) electrons. The zero-order valence-corrected chi connectivity index (χ0v) is 14.9. The van der Waals surface area contributed by atoms with Crippen molar-refractivity contribution in [2.45, 2.75) is 33.2 Å². The van der Waals surface area contributed by atoms with Crippen LogP contribution in [0.5, 0.6) is 0 Å². The van der Waals surface area contributed by atoms with Gasteiger partial charge in [-0.1, -0.05) is 22.9 Å². The van der Waals surface area contributed by atoms with Crippen molar-refractivity contribution in [3.63, 3.8) is 0 Å². The first-order valence-electron chi connectivity index (χ1n) is 8.42. The second kappa shape index (κ2) is 6.73. The van der Waals surface area contributed by atoms with Crippen LogP contribution in [0.3, 0.4) is 0 Å². The van der Waals surface area contributed by atoms with Gasteiger partial charge in [0.1, 0.15) is 0 Å². The Kier molecular flexibility index (Phi) is 4.66. The summed E-state index contributed by atoms with van der Waals surface area (Å²) in [5, 5.41) is 8.48. The fourth-order valence-electron chi connectivity index (χ4n) is 3.21. The molecule has 3 rings (SSSR count). The number of amides is 1. The number of aromatic nitrogens is 3. The van der Waals surface area contributed by atoms with Crippen molar-refractivity contribution in [2.75, 3.05) is 26.7 Å². The molecule has 0 saturated carbocycles. The van der Waals surface area contributed by atoms with Crippen LogP contribution >= 0.6 is 0 Å². The lowest BCUT2D eigenvalue weighted by atomic mass is 10.1. The number of aryl methyl sites for hydroxylation is 1. The van der Waals surface area contributed by atoms with Gasteiger partial charge in [0.05, 0.1) is 23.5 Å². The lowest BCUT2D eigenvalue weighted by Gasteiger charge is -2.38. The van der Waals surface area contributed by atoms with Crippen LogP contribution in [0.15, 0.2) is 24.3 Å². The standard InChI is InChI=1S/C18H25N5O/c1-13-5-7-16(8-6-13)23-15(3)17(19-20-23)11-18(24)22-10-9-21(4)12-14(22)2/h5-8,14H,9-12H2,1-4H3/t14-/m1/s1. The summed E-state index contributed by atoms with van der Waals surface area (Å²) in [6.45, 7) is 8.74. The van der Waals surface area contributed by atoms with Crippen molar-refractivity contribution in [3.05, 3.63) is 41.2 Å². The summed E-state index contributed by atoms with van der Waals surface area (Å²) in [5.41, 5.74) is 3.86. The van der Waals surface area contributed by atoms with Gasteiger partial charge in [0.25, 0.3) is 0 Å². The third-order valence-electron chi connectivity index (χ3n) is 4.74. The zero-order valence-electron chi connectivity index (χ0n) is 14.9. The SMILES string of the molecule is Cc1ccc(-n2nnc(CC(=O)N3CCN(C)C[C@H]3C)c2C)cc1. The molecular weight excluding hydrogens is 302 g/mol. The average molecular weight is 327 g/mol. The number of hydrogen-bond donors (Lipinski definition) is 0. The molecule has 6 heteroatoms. The van der Waals surface area contributed by atoms with Gasteiger partial charge < -0.3 is 9.80 Å². The number of carbonyl (C=O) groups is 1. The Bertz CT molecular complexity index is 722. The van der Waals surface area contributed by atoms with Crippen LogP contribution < -0.4 is 0 Å². The Balaban J connectivity index is 1.74. The van der Waals surface area contributed by atoms with Crippen molar-refractivity contribution in [1.29, 1.82) is 0 Å². The van der Waals surface area contributed by atoms with E-state index in [1.165, 1.54) is 5.56 Å². The number of rotatable bonds is 3. The van der Waals surface area contributed by atoms with Crippen LogP contribution in [0.2, 0.25) is 0 Å². The molecule has 0 unspecified atom stereocenters. The highest BCUT2D eigenvalue weighted by Crippen LogP contribution is 2.15. The van der Waals surface area contributed by atoms with E-state index in [9.17, 15) is 4.79 Å². The van der Waals surface area contributed by atoms with E-state index in [1.807, 2.05) is 36.1 Å². The largest absolute Gasteiger partial charge is 0.337 e. The van der Waals surface area contributed by atoms with Crippen LogP contribution in [-0.4, -0.2) is 63.4 Å². The minimum Gasteiger partial charge on any atom is -0.337 e. The second-order valence-corrected chi connectivity index (χ2v) is 6.74. The van der Waals surface area contributed by atoms with E-state index < -0.39 is 0 Å². The molecule has 2 heterocycles. The van der Waals surface area contributed by atoms with Crippen LogP contribution in [0, 0.1) is 13.8 Å². The highest BCUT2D eigenvalue weighted by Gasteiger charge is 2.26. The number of nitrogens with zero attached hydrogens (tertiary/aromatic N) is 5. The first-order valence-corrected chi connectivity index (χ1v) is 8.42. The number of benzene rings is 1. The van der Waals surface area contributed by atoms with Crippen LogP contribution in [0.1, 0.15) is 23.9 Å². The summed E-state index contributed by atoms with van der Waals surface area (Å²) >= 11 is 0. The summed E-state index contributed by atoms with van der Waals surface area (Å²) in [6.07, 6.45) is 0.311. The average Bonchev–Trinajstić information content (AvgIpc) is 2.89. The minimum atomic E-state index is 0.134. The molecule has 1 amide bonds.